The number of rotatable bonds is 4. The Balaban J connectivity index is 1.27. The molecule has 2 aromatic carbocycles. The molecule has 0 fully saturated rings. The molecule has 3 aromatic rings. The van der Waals surface area contributed by atoms with Crippen LogP contribution in [0.4, 0.5) is 11.5 Å². The predicted molar refractivity (Wildman–Crippen MR) is 115 cm³/mol. The van der Waals surface area contributed by atoms with Crippen LogP contribution in [0.3, 0.4) is 0 Å². The van der Waals surface area contributed by atoms with Gasteiger partial charge in [-0.25, -0.2) is 4.98 Å². The summed E-state index contributed by atoms with van der Waals surface area (Å²) < 4.78 is 11.6. The van der Waals surface area contributed by atoms with Gasteiger partial charge < -0.3 is 19.7 Å². The first-order chi connectivity index (χ1) is 14.8. The maximum Gasteiger partial charge on any atom is 0.259 e. The lowest BCUT2D eigenvalue weighted by molar-refractivity contribution is 0.0989. The van der Waals surface area contributed by atoms with Crippen LogP contribution in [-0.4, -0.2) is 30.6 Å². The zero-order valence-electron chi connectivity index (χ0n) is 16.6. The Morgan fingerprint density at radius 2 is 1.93 bits per heavy atom. The van der Waals surface area contributed by atoms with E-state index in [-0.39, 0.29) is 5.91 Å². The Bertz CT molecular complexity index is 1070. The second-order valence-electron chi connectivity index (χ2n) is 7.42. The molecule has 1 aromatic heterocycles. The molecule has 0 saturated heterocycles. The number of nitrogens with zero attached hydrogens (tertiary/aromatic N) is 2. The number of aromatic nitrogens is 1. The van der Waals surface area contributed by atoms with Crippen molar-refractivity contribution in [2.45, 2.75) is 19.4 Å². The number of benzene rings is 2. The smallest absolute Gasteiger partial charge is 0.259 e. The third-order valence-corrected chi connectivity index (χ3v) is 5.46. The molecule has 3 heterocycles. The van der Waals surface area contributed by atoms with E-state index in [2.05, 4.69) is 16.4 Å². The molecule has 152 valence electrons. The molecule has 5 rings (SSSR count). The van der Waals surface area contributed by atoms with Crippen molar-refractivity contribution < 1.29 is 14.3 Å². The van der Waals surface area contributed by atoms with Crippen molar-refractivity contribution in [1.29, 1.82) is 0 Å². The first kappa shape index (κ1) is 18.5. The number of nitrogens with one attached hydrogen (secondary N) is 1. The maximum absolute atomic E-state index is 12.9. The monoisotopic (exact) mass is 401 g/mol. The number of pyridine rings is 1. The number of ether oxygens (including phenoxy) is 2. The summed E-state index contributed by atoms with van der Waals surface area (Å²) in [4.78, 5) is 19.2. The predicted octanol–water partition coefficient (Wildman–Crippen LogP) is 4.06. The van der Waals surface area contributed by atoms with Crippen molar-refractivity contribution in [2.24, 2.45) is 0 Å². The largest absolute Gasteiger partial charge is 0.490 e. The van der Waals surface area contributed by atoms with Crippen LogP contribution in [0.2, 0.25) is 0 Å². The van der Waals surface area contributed by atoms with Crippen LogP contribution < -0.4 is 19.7 Å². The van der Waals surface area contributed by atoms with Gasteiger partial charge >= 0.3 is 0 Å². The summed E-state index contributed by atoms with van der Waals surface area (Å²) >= 11 is 0. The van der Waals surface area contributed by atoms with Crippen LogP contribution in [0, 0.1) is 0 Å². The van der Waals surface area contributed by atoms with Crippen molar-refractivity contribution in [3.05, 3.63) is 77.5 Å². The van der Waals surface area contributed by atoms with Gasteiger partial charge in [0.15, 0.2) is 11.5 Å². The second-order valence-corrected chi connectivity index (χ2v) is 7.42. The van der Waals surface area contributed by atoms with E-state index in [1.807, 2.05) is 53.4 Å². The molecule has 0 unspecified atom stereocenters. The molecular weight excluding hydrogens is 378 g/mol. The van der Waals surface area contributed by atoms with E-state index in [0.29, 0.717) is 37.7 Å². The normalized spacial score (nSPS) is 14.7. The SMILES string of the molecule is O=C(c1ccc(NCc2cccc3c2OCCCO3)nc1)N1CCc2ccccc21. The van der Waals surface area contributed by atoms with Crippen LogP contribution >= 0.6 is 0 Å². The first-order valence-corrected chi connectivity index (χ1v) is 10.3. The van der Waals surface area contributed by atoms with E-state index in [0.717, 1.165) is 35.6 Å². The number of para-hydroxylation sites is 2. The molecule has 6 heteroatoms. The fourth-order valence-corrected chi connectivity index (χ4v) is 3.91. The Morgan fingerprint density at radius 1 is 1.03 bits per heavy atom. The standard InChI is InChI=1S/C24H23N3O3/c28-24(27-12-11-17-5-1-2-7-20(17)27)19-9-10-22(26-16-19)25-15-18-6-3-8-21-23(18)30-14-4-13-29-21/h1-3,5-10,16H,4,11-15H2,(H,25,26). The third kappa shape index (κ3) is 3.56. The molecule has 2 aliphatic heterocycles. The highest BCUT2D eigenvalue weighted by Gasteiger charge is 2.25. The van der Waals surface area contributed by atoms with Crippen molar-refractivity contribution in [2.75, 3.05) is 30.0 Å². The highest BCUT2D eigenvalue weighted by molar-refractivity contribution is 6.07. The Hall–Kier alpha value is -3.54. The highest BCUT2D eigenvalue weighted by Crippen LogP contribution is 2.33. The summed E-state index contributed by atoms with van der Waals surface area (Å²) in [5, 5.41) is 3.31. The molecule has 0 aliphatic carbocycles. The molecule has 0 spiro atoms. The van der Waals surface area contributed by atoms with E-state index in [1.165, 1.54) is 5.56 Å². The Labute approximate surface area is 175 Å². The molecule has 1 amide bonds. The van der Waals surface area contributed by atoms with Crippen LogP contribution in [0.15, 0.2) is 60.8 Å². The minimum absolute atomic E-state index is 0.0158. The molecule has 2 aliphatic rings. The van der Waals surface area contributed by atoms with E-state index in [1.54, 1.807) is 6.20 Å². The molecule has 0 bridgehead atoms. The molecular formula is C24H23N3O3. The summed E-state index contributed by atoms with van der Waals surface area (Å²) in [6.45, 7) is 2.59. The number of hydrogen-bond donors (Lipinski definition) is 1. The quantitative estimate of drug-likeness (QED) is 0.714. The van der Waals surface area contributed by atoms with Crippen LogP contribution in [0.5, 0.6) is 11.5 Å². The summed E-state index contributed by atoms with van der Waals surface area (Å²) in [7, 11) is 0. The van der Waals surface area contributed by atoms with Gasteiger partial charge in [0, 0.05) is 37.0 Å². The fourth-order valence-electron chi connectivity index (χ4n) is 3.91. The third-order valence-electron chi connectivity index (χ3n) is 5.46. The minimum atomic E-state index is -0.0158. The van der Waals surface area contributed by atoms with E-state index < -0.39 is 0 Å². The number of fused-ring (bicyclic) bond motifs is 2. The zero-order chi connectivity index (χ0) is 20.3. The number of carbonyl (C=O) groups is 1. The van der Waals surface area contributed by atoms with E-state index in [4.69, 9.17) is 9.47 Å². The molecule has 0 atom stereocenters. The van der Waals surface area contributed by atoms with Crippen molar-refractivity contribution in [1.82, 2.24) is 4.98 Å². The van der Waals surface area contributed by atoms with Gasteiger partial charge in [-0.05, 0) is 36.2 Å². The maximum atomic E-state index is 12.9. The molecule has 6 nitrogen and oxygen atoms in total. The van der Waals surface area contributed by atoms with E-state index in [9.17, 15) is 4.79 Å². The Morgan fingerprint density at radius 3 is 2.83 bits per heavy atom. The van der Waals surface area contributed by atoms with Crippen LogP contribution in [-0.2, 0) is 13.0 Å². The second kappa shape index (κ2) is 8.06. The lowest BCUT2D eigenvalue weighted by Crippen LogP contribution is -2.28. The van der Waals surface area contributed by atoms with Gasteiger partial charge in [0.1, 0.15) is 5.82 Å². The molecule has 0 saturated carbocycles. The number of carbonyl (C=O) groups excluding carboxylic acids is 1. The van der Waals surface area contributed by atoms with Crippen molar-refractivity contribution in [3.63, 3.8) is 0 Å². The topological polar surface area (TPSA) is 63.7 Å². The molecule has 1 N–H and O–H groups in total. The summed E-state index contributed by atoms with van der Waals surface area (Å²) in [6, 6.07) is 17.6. The lowest BCUT2D eigenvalue weighted by Gasteiger charge is -2.17. The van der Waals surface area contributed by atoms with Gasteiger partial charge in [-0.1, -0.05) is 30.3 Å². The zero-order valence-corrected chi connectivity index (χ0v) is 16.6. The van der Waals surface area contributed by atoms with Gasteiger partial charge in [0.05, 0.1) is 18.8 Å². The number of anilines is 2. The number of amides is 1. The summed E-state index contributed by atoms with van der Waals surface area (Å²) in [5.74, 6) is 2.27. The van der Waals surface area contributed by atoms with Crippen molar-refractivity contribution in [3.8, 4) is 11.5 Å². The van der Waals surface area contributed by atoms with Gasteiger partial charge in [-0.3, -0.25) is 4.79 Å². The van der Waals surface area contributed by atoms with Gasteiger partial charge in [-0.15, -0.1) is 0 Å². The first-order valence-electron chi connectivity index (χ1n) is 10.3. The summed E-state index contributed by atoms with van der Waals surface area (Å²) in [6.07, 6.45) is 3.40. The summed E-state index contributed by atoms with van der Waals surface area (Å²) in [5.41, 5.74) is 3.81. The Kier molecular flexibility index (Phi) is 4.97. The highest BCUT2D eigenvalue weighted by atomic mass is 16.5. The van der Waals surface area contributed by atoms with Crippen LogP contribution in [0.25, 0.3) is 0 Å². The van der Waals surface area contributed by atoms with Crippen LogP contribution in [0.1, 0.15) is 27.9 Å². The number of hydrogen-bond acceptors (Lipinski definition) is 5. The molecule has 30 heavy (non-hydrogen) atoms. The van der Waals surface area contributed by atoms with Gasteiger partial charge in [0.25, 0.3) is 5.91 Å². The molecule has 0 radical (unpaired) electrons. The average molecular weight is 401 g/mol. The van der Waals surface area contributed by atoms with E-state index >= 15 is 0 Å². The lowest BCUT2D eigenvalue weighted by atomic mass is 10.1. The van der Waals surface area contributed by atoms with Gasteiger partial charge in [0.2, 0.25) is 0 Å². The minimum Gasteiger partial charge on any atom is -0.490 e. The fraction of sp³-hybridized carbons (Fsp3) is 0.250. The van der Waals surface area contributed by atoms with Gasteiger partial charge in [-0.2, -0.15) is 0 Å². The van der Waals surface area contributed by atoms with Crippen molar-refractivity contribution >= 4 is 17.4 Å². The average Bonchev–Trinajstić information content (AvgIpc) is 3.07.